The van der Waals surface area contributed by atoms with Crippen LogP contribution in [0.1, 0.15) is 11.5 Å². The minimum absolute atomic E-state index is 0.0244. The van der Waals surface area contributed by atoms with Gasteiger partial charge in [0.15, 0.2) is 17.9 Å². The van der Waals surface area contributed by atoms with Crippen molar-refractivity contribution < 1.29 is 44.0 Å². The summed E-state index contributed by atoms with van der Waals surface area (Å²) >= 11 is 0. The van der Waals surface area contributed by atoms with Crippen LogP contribution in [0.5, 0.6) is 5.75 Å². The van der Waals surface area contributed by atoms with Crippen LogP contribution < -0.4 is 5.32 Å². The number of amides is 1. The minimum Gasteiger partial charge on any atom is -0.508 e. The molecular weight excluding hydrogens is 388 g/mol. The maximum absolute atomic E-state index is 12.7. The zero-order valence-electron chi connectivity index (χ0n) is 15.2. The van der Waals surface area contributed by atoms with Crippen LogP contribution >= 0.6 is 0 Å². The van der Waals surface area contributed by atoms with Gasteiger partial charge in [-0.15, -0.1) is 0 Å². The largest absolute Gasteiger partial charge is 0.508 e. The summed E-state index contributed by atoms with van der Waals surface area (Å²) in [6.45, 7) is 3.19. The van der Waals surface area contributed by atoms with Crippen molar-refractivity contribution in [1.29, 1.82) is 0 Å². The van der Waals surface area contributed by atoms with Crippen molar-refractivity contribution in [2.24, 2.45) is 4.99 Å². The highest BCUT2D eigenvalue weighted by atomic mass is 16.6. The molecule has 0 saturated carbocycles. The van der Waals surface area contributed by atoms with E-state index >= 15 is 0 Å². The number of aromatic hydroxyl groups is 1. The molecule has 0 saturated heterocycles. The third-order valence-electron chi connectivity index (χ3n) is 4.13. The van der Waals surface area contributed by atoms with Crippen molar-refractivity contribution in [1.82, 2.24) is 5.32 Å². The zero-order chi connectivity index (χ0) is 21.8. The standard InChI is InChI=1S/C18H18N2O9/c1-9-7-29-17(19-13(9)16(26)27)18(8-21,28-2)20-14(23)12(15(24)25)10-3-5-11(22)6-4-10/h3-6,8,12,17,22H,1,7H2,2H3,(H,20,23)(H,24,25)(H,26,27). The van der Waals surface area contributed by atoms with Crippen LogP contribution in [0.25, 0.3) is 0 Å². The lowest BCUT2D eigenvalue weighted by Gasteiger charge is -2.35. The van der Waals surface area contributed by atoms with Gasteiger partial charge in [-0.05, 0) is 17.7 Å². The fourth-order valence-electron chi connectivity index (χ4n) is 2.61. The van der Waals surface area contributed by atoms with Crippen LogP contribution in [0.2, 0.25) is 0 Å². The van der Waals surface area contributed by atoms with Crippen LogP contribution in [0.15, 0.2) is 41.4 Å². The number of rotatable bonds is 8. The number of hydrogen-bond donors (Lipinski definition) is 4. The summed E-state index contributed by atoms with van der Waals surface area (Å²) in [4.78, 5) is 51.2. The van der Waals surface area contributed by atoms with Crippen molar-refractivity contribution in [3.63, 3.8) is 0 Å². The third-order valence-corrected chi connectivity index (χ3v) is 4.13. The number of aliphatic imine (C=N–C) groups is 1. The number of aliphatic carboxylic acids is 2. The summed E-state index contributed by atoms with van der Waals surface area (Å²) in [5.74, 6) is -5.98. The molecule has 0 spiro atoms. The minimum atomic E-state index is -2.29. The van der Waals surface area contributed by atoms with E-state index in [2.05, 4.69) is 16.9 Å². The average Bonchev–Trinajstić information content (AvgIpc) is 2.68. The van der Waals surface area contributed by atoms with Crippen molar-refractivity contribution in [2.75, 3.05) is 13.7 Å². The number of carboxylic acid groups (broad SMARTS) is 2. The van der Waals surface area contributed by atoms with Gasteiger partial charge >= 0.3 is 11.9 Å². The van der Waals surface area contributed by atoms with E-state index in [-0.39, 0.29) is 29.8 Å². The number of nitrogens with one attached hydrogen (secondary N) is 1. The molecule has 4 N–H and O–H groups in total. The Morgan fingerprint density at radius 1 is 1.34 bits per heavy atom. The fraction of sp³-hybridized carbons (Fsp3) is 0.278. The smallest absolute Gasteiger partial charge is 0.354 e. The Hall–Kier alpha value is -3.57. The van der Waals surface area contributed by atoms with E-state index in [9.17, 15) is 34.5 Å². The van der Waals surface area contributed by atoms with E-state index in [1.807, 2.05) is 0 Å². The lowest BCUT2D eigenvalue weighted by atomic mass is 9.97. The number of carbonyl (C=O) groups is 4. The molecule has 0 fully saturated rings. The highest BCUT2D eigenvalue weighted by molar-refractivity contribution is 6.42. The summed E-state index contributed by atoms with van der Waals surface area (Å²) in [7, 11) is 1.04. The first kappa shape index (κ1) is 21.7. The maximum atomic E-state index is 12.7. The molecule has 0 aromatic heterocycles. The predicted molar refractivity (Wildman–Crippen MR) is 96.4 cm³/mol. The van der Waals surface area contributed by atoms with Crippen molar-refractivity contribution >= 4 is 29.8 Å². The predicted octanol–water partition coefficient (Wildman–Crippen LogP) is -0.344. The van der Waals surface area contributed by atoms with E-state index in [4.69, 9.17) is 9.47 Å². The Bertz CT molecular complexity index is 878. The lowest BCUT2D eigenvalue weighted by molar-refractivity contribution is -0.167. The second-order valence-corrected chi connectivity index (χ2v) is 6.02. The van der Waals surface area contributed by atoms with Crippen LogP contribution in [-0.4, -0.2) is 70.8 Å². The number of phenols is 1. The number of benzene rings is 1. The molecule has 1 heterocycles. The van der Waals surface area contributed by atoms with Gasteiger partial charge in [0.1, 0.15) is 5.75 Å². The second-order valence-electron chi connectivity index (χ2n) is 6.02. The average molecular weight is 406 g/mol. The number of carboxylic acids is 2. The zero-order valence-corrected chi connectivity index (χ0v) is 15.2. The Balaban J connectivity index is 2.39. The third kappa shape index (κ3) is 4.47. The summed E-state index contributed by atoms with van der Waals surface area (Å²) < 4.78 is 10.3. The van der Waals surface area contributed by atoms with E-state index in [0.717, 1.165) is 7.11 Å². The normalized spacial score (nSPS) is 19.4. The molecule has 1 amide bonds. The molecular formula is C18H18N2O9. The maximum Gasteiger partial charge on any atom is 0.354 e. The number of ether oxygens (including phenoxy) is 2. The number of phenolic OH excluding ortho intramolecular Hbond substituents is 1. The molecule has 11 nitrogen and oxygen atoms in total. The SMILES string of the molecule is C=C1COC(C(C=O)(NC(=O)C(C(=O)O)c2ccc(O)cc2)OC)N=C1C(=O)O. The molecule has 3 unspecified atom stereocenters. The highest BCUT2D eigenvalue weighted by Crippen LogP contribution is 2.24. The van der Waals surface area contributed by atoms with Crippen LogP contribution in [-0.2, 0) is 28.7 Å². The molecule has 1 aliphatic heterocycles. The second kappa shape index (κ2) is 8.63. The summed E-state index contributed by atoms with van der Waals surface area (Å²) in [6.07, 6.45) is -1.47. The molecule has 1 aliphatic rings. The van der Waals surface area contributed by atoms with Crippen molar-refractivity contribution in [3.05, 3.63) is 42.0 Å². The van der Waals surface area contributed by atoms with Crippen LogP contribution in [0.3, 0.4) is 0 Å². The van der Waals surface area contributed by atoms with Gasteiger partial charge in [0, 0.05) is 12.7 Å². The lowest BCUT2D eigenvalue weighted by Crippen LogP contribution is -2.62. The van der Waals surface area contributed by atoms with Crippen molar-refractivity contribution in [3.8, 4) is 5.75 Å². The first-order valence-corrected chi connectivity index (χ1v) is 8.11. The molecule has 0 radical (unpaired) electrons. The highest BCUT2D eigenvalue weighted by Gasteiger charge is 2.46. The molecule has 29 heavy (non-hydrogen) atoms. The molecule has 3 atom stereocenters. The number of methoxy groups -OCH3 is 1. The van der Waals surface area contributed by atoms with E-state index in [0.29, 0.717) is 0 Å². The van der Waals surface area contributed by atoms with E-state index < -0.39 is 41.4 Å². The van der Waals surface area contributed by atoms with Gasteiger partial charge in [0.25, 0.3) is 0 Å². The van der Waals surface area contributed by atoms with Crippen LogP contribution in [0.4, 0.5) is 0 Å². The molecule has 1 aromatic rings. The Morgan fingerprint density at radius 3 is 2.45 bits per heavy atom. The van der Waals surface area contributed by atoms with E-state index in [1.54, 1.807) is 0 Å². The molecule has 0 aliphatic carbocycles. The molecule has 11 heteroatoms. The van der Waals surface area contributed by atoms with Gasteiger partial charge in [0.05, 0.1) is 6.61 Å². The number of aldehydes is 1. The molecule has 154 valence electrons. The Labute approximate surface area is 164 Å². The first-order valence-electron chi connectivity index (χ1n) is 8.11. The van der Waals surface area contributed by atoms with Gasteiger partial charge in [0.2, 0.25) is 17.9 Å². The van der Waals surface area contributed by atoms with E-state index in [1.165, 1.54) is 24.3 Å². The summed E-state index contributed by atoms with van der Waals surface area (Å²) in [5.41, 5.74) is -2.68. The fourth-order valence-corrected chi connectivity index (χ4v) is 2.61. The molecule has 0 bridgehead atoms. The topological polar surface area (TPSA) is 172 Å². The first-order chi connectivity index (χ1) is 13.6. The van der Waals surface area contributed by atoms with Crippen molar-refractivity contribution in [2.45, 2.75) is 17.9 Å². The van der Waals surface area contributed by atoms with Gasteiger partial charge in [-0.1, -0.05) is 18.7 Å². The monoisotopic (exact) mass is 406 g/mol. The van der Waals surface area contributed by atoms with Gasteiger partial charge in [-0.25, -0.2) is 9.79 Å². The molecule has 2 rings (SSSR count). The number of hydrogen-bond acceptors (Lipinski definition) is 8. The van der Waals surface area contributed by atoms with Gasteiger partial charge in [-0.3, -0.25) is 14.4 Å². The Morgan fingerprint density at radius 2 is 1.97 bits per heavy atom. The van der Waals surface area contributed by atoms with Crippen LogP contribution in [0, 0.1) is 0 Å². The summed E-state index contributed by atoms with van der Waals surface area (Å²) in [5, 5.41) is 30.1. The number of nitrogens with zero attached hydrogens (tertiary/aromatic N) is 1. The Kier molecular flexibility index (Phi) is 6.46. The summed E-state index contributed by atoms with van der Waals surface area (Å²) in [6, 6.07) is 4.85. The molecule has 1 aromatic carbocycles. The number of carbonyl (C=O) groups excluding carboxylic acids is 2. The van der Waals surface area contributed by atoms with Gasteiger partial charge < -0.3 is 30.1 Å². The van der Waals surface area contributed by atoms with Gasteiger partial charge in [-0.2, -0.15) is 0 Å². The quantitative estimate of drug-likeness (QED) is 0.256.